The lowest BCUT2D eigenvalue weighted by atomic mass is 9.88. The Kier molecular flexibility index (Phi) is 6.18. The number of amides is 1. The average molecular weight is 405 g/mol. The Hall–Kier alpha value is -2.61. The molecule has 8 heteroatoms. The summed E-state index contributed by atoms with van der Waals surface area (Å²) in [5.41, 5.74) is 1.38. The van der Waals surface area contributed by atoms with Crippen LogP contribution in [0.15, 0.2) is 22.8 Å². The van der Waals surface area contributed by atoms with Gasteiger partial charge in [0.2, 0.25) is 5.76 Å². The van der Waals surface area contributed by atoms with E-state index in [1.54, 1.807) is 13.0 Å². The Labute approximate surface area is 167 Å². The van der Waals surface area contributed by atoms with Gasteiger partial charge in [0.05, 0.1) is 18.4 Å². The van der Waals surface area contributed by atoms with Gasteiger partial charge in [-0.1, -0.05) is 6.92 Å². The van der Waals surface area contributed by atoms with Crippen LogP contribution in [0.4, 0.5) is 5.00 Å². The van der Waals surface area contributed by atoms with Crippen molar-refractivity contribution in [1.82, 2.24) is 0 Å². The fourth-order valence-corrected chi connectivity index (χ4v) is 4.54. The molecular formula is C20H23NO6S. The Bertz CT molecular complexity index is 870. The number of fused-ring (bicyclic) bond motifs is 1. The lowest BCUT2D eigenvalue weighted by Crippen LogP contribution is -2.30. The number of hydrogen-bond acceptors (Lipinski definition) is 7. The molecular weight excluding hydrogens is 382 g/mol. The summed E-state index contributed by atoms with van der Waals surface area (Å²) in [4.78, 5) is 38.1. The summed E-state index contributed by atoms with van der Waals surface area (Å²) in [5, 5.41) is 3.19. The molecule has 0 spiro atoms. The van der Waals surface area contributed by atoms with E-state index < -0.39 is 23.9 Å². The topological polar surface area (TPSA) is 94.8 Å². The number of rotatable bonds is 6. The minimum absolute atomic E-state index is 0.0208. The van der Waals surface area contributed by atoms with Crippen molar-refractivity contribution in [1.29, 1.82) is 0 Å². The average Bonchev–Trinajstić information content (AvgIpc) is 3.29. The van der Waals surface area contributed by atoms with Crippen LogP contribution in [0.3, 0.4) is 0 Å². The van der Waals surface area contributed by atoms with Crippen molar-refractivity contribution in [2.75, 3.05) is 11.9 Å². The number of thiophene rings is 1. The van der Waals surface area contributed by atoms with E-state index in [0.717, 1.165) is 29.7 Å². The first kappa shape index (κ1) is 20.1. The van der Waals surface area contributed by atoms with Crippen LogP contribution < -0.4 is 5.32 Å². The molecule has 1 aliphatic carbocycles. The summed E-state index contributed by atoms with van der Waals surface area (Å²) < 4.78 is 15.3. The van der Waals surface area contributed by atoms with E-state index in [1.165, 1.54) is 30.6 Å². The van der Waals surface area contributed by atoms with E-state index in [-0.39, 0.29) is 12.4 Å². The van der Waals surface area contributed by atoms with Gasteiger partial charge in [-0.25, -0.2) is 9.59 Å². The first-order valence-electron chi connectivity index (χ1n) is 9.27. The van der Waals surface area contributed by atoms with Gasteiger partial charge in [-0.2, -0.15) is 0 Å². The maximum Gasteiger partial charge on any atom is 0.374 e. The molecule has 1 aliphatic rings. The summed E-state index contributed by atoms with van der Waals surface area (Å²) in [5.74, 6) is -1.13. The molecule has 0 aliphatic heterocycles. The number of hydrogen-bond donors (Lipinski definition) is 1. The van der Waals surface area contributed by atoms with Gasteiger partial charge in [-0.3, -0.25) is 4.79 Å². The molecule has 2 aromatic rings. The lowest BCUT2D eigenvalue weighted by molar-refractivity contribution is -0.123. The van der Waals surface area contributed by atoms with Gasteiger partial charge in [-0.15, -0.1) is 11.3 Å². The molecule has 2 heterocycles. The third-order valence-electron chi connectivity index (χ3n) is 4.60. The van der Waals surface area contributed by atoms with Gasteiger partial charge in [-0.05, 0) is 56.7 Å². The Morgan fingerprint density at radius 1 is 1.36 bits per heavy atom. The molecule has 1 amide bonds. The third kappa shape index (κ3) is 4.27. The predicted molar refractivity (Wildman–Crippen MR) is 104 cm³/mol. The molecule has 2 atom stereocenters. The van der Waals surface area contributed by atoms with Gasteiger partial charge in [0.1, 0.15) is 5.00 Å². The van der Waals surface area contributed by atoms with Gasteiger partial charge in [0.15, 0.2) is 6.10 Å². The number of carbonyl (C=O) groups excluding carboxylic acids is 3. The van der Waals surface area contributed by atoms with Gasteiger partial charge >= 0.3 is 11.9 Å². The normalized spacial score (nSPS) is 16.8. The minimum Gasteiger partial charge on any atom is -0.462 e. The number of furan rings is 1. The zero-order chi connectivity index (χ0) is 20.3. The number of nitrogens with one attached hydrogen (secondary N) is 1. The van der Waals surface area contributed by atoms with E-state index in [1.807, 2.05) is 0 Å². The molecule has 3 rings (SSSR count). The molecule has 0 aromatic carbocycles. The number of ether oxygens (including phenoxy) is 2. The molecule has 1 N–H and O–H groups in total. The first-order valence-corrected chi connectivity index (χ1v) is 10.1. The fourth-order valence-electron chi connectivity index (χ4n) is 3.14. The second-order valence-corrected chi connectivity index (χ2v) is 7.90. The second kappa shape index (κ2) is 8.60. The maximum absolute atomic E-state index is 12.6. The molecule has 0 saturated heterocycles. The van der Waals surface area contributed by atoms with Crippen LogP contribution >= 0.6 is 11.3 Å². The smallest absolute Gasteiger partial charge is 0.374 e. The first-order chi connectivity index (χ1) is 13.4. The monoisotopic (exact) mass is 405 g/mol. The van der Waals surface area contributed by atoms with E-state index in [4.69, 9.17) is 13.9 Å². The third-order valence-corrected chi connectivity index (χ3v) is 5.77. The number of anilines is 1. The number of esters is 2. The van der Waals surface area contributed by atoms with E-state index in [9.17, 15) is 14.4 Å². The van der Waals surface area contributed by atoms with Crippen LogP contribution in [0.25, 0.3) is 0 Å². The predicted octanol–water partition coefficient (Wildman–Crippen LogP) is 3.83. The van der Waals surface area contributed by atoms with Crippen molar-refractivity contribution in [3.63, 3.8) is 0 Å². The van der Waals surface area contributed by atoms with Gasteiger partial charge < -0.3 is 19.2 Å². The summed E-state index contributed by atoms with van der Waals surface area (Å²) in [6.45, 7) is 5.63. The highest BCUT2D eigenvalue weighted by Crippen LogP contribution is 2.40. The molecule has 0 unspecified atom stereocenters. The summed E-state index contributed by atoms with van der Waals surface area (Å²) >= 11 is 1.39. The molecule has 0 saturated carbocycles. The van der Waals surface area contributed by atoms with Crippen molar-refractivity contribution in [2.45, 2.75) is 46.1 Å². The second-order valence-electron chi connectivity index (χ2n) is 6.79. The summed E-state index contributed by atoms with van der Waals surface area (Å²) in [6, 6.07) is 3.02. The highest BCUT2D eigenvalue weighted by Gasteiger charge is 2.30. The zero-order valence-corrected chi connectivity index (χ0v) is 16.9. The van der Waals surface area contributed by atoms with Crippen molar-refractivity contribution in [2.24, 2.45) is 5.92 Å². The van der Waals surface area contributed by atoms with Crippen LogP contribution in [0, 0.1) is 5.92 Å². The van der Waals surface area contributed by atoms with Crippen LogP contribution in [-0.2, 0) is 27.1 Å². The van der Waals surface area contributed by atoms with Gasteiger partial charge in [0.25, 0.3) is 5.91 Å². The Balaban J connectivity index is 1.77. The van der Waals surface area contributed by atoms with E-state index in [2.05, 4.69) is 12.2 Å². The molecule has 0 radical (unpaired) electrons. The minimum atomic E-state index is -1.05. The molecule has 150 valence electrons. The van der Waals surface area contributed by atoms with E-state index in [0.29, 0.717) is 16.5 Å². The summed E-state index contributed by atoms with van der Waals surface area (Å²) in [7, 11) is 0. The Morgan fingerprint density at radius 3 is 2.82 bits per heavy atom. The van der Waals surface area contributed by atoms with Crippen molar-refractivity contribution < 1.29 is 28.3 Å². The van der Waals surface area contributed by atoms with Crippen LogP contribution in [-0.4, -0.2) is 30.6 Å². The SMILES string of the molecule is CCOC(=O)c1c(NC(=O)[C@@H](C)OC(=O)c2ccco2)sc2c1CC[C@H](C)C2. The van der Waals surface area contributed by atoms with Crippen molar-refractivity contribution >= 4 is 34.2 Å². The number of carbonyl (C=O) groups is 3. The van der Waals surface area contributed by atoms with E-state index >= 15 is 0 Å². The van der Waals surface area contributed by atoms with Crippen LogP contribution in [0.2, 0.25) is 0 Å². The molecule has 0 fully saturated rings. The zero-order valence-electron chi connectivity index (χ0n) is 16.1. The highest BCUT2D eigenvalue weighted by atomic mass is 32.1. The van der Waals surface area contributed by atoms with Gasteiger partial charge in [0, 0.05) is 4.88 Å². The Morgan fingerprint density at radius 2 is 2.14 bits per heavy atom. The van der Waals surface area contributed by atoms with Crippen LogP contribution in [0.5, 0.6) is 0 Å². The largest absolute Gasteiger partial charge is 0.462 e. The molecule has 0 bridgehead atoms. The molecule has 28 heavy (non-hydrogen) atoms. The van der Waals surface area contributed by atoms with Crippen LogP contribution in [0.1, 0.15) is 58.5 Å². The molecule has 2 aromatic heterocycles. The van der Waals surface area contributed by atoms with Crippen molar-refractivity contribution in [3.05, 3.63) is 40.2 Å². The fraction of sp³-hybridized carbons (Fsp3) is 0.450. The maximum atomic E-state index is 12.6. The summed E-state index contributed by atoms with van der Waals surface area (Å²) in [6.07, 6.45) is 2.93. The quantitative estimate of drug-likeness (QED) is 0.734. The molecule has 7 nitrogen and oxygen atoms in total. The van der Waals surface area contributed by atoms with Crippen molar-refractivity contribution in [3.8, 4) is 0 Å². The lowest BCUT2D eigenvalue weighted by Gasteiger charge is -2.18. The standard InChI is InChI=1S/C20H23NO6S/c1-4-25-20(24)16-13-8-7-11(2)10-15(13)28-18(16)21-17(22)12(3)27-19(23)14-6-5-9-26-14/h5-6,9,11-12H,4,7-8,10H2,1-3H3,(H,21,22)/t11-,12+/m0/s1. The highest BCUT2D eigenvalue weighted by molar-refractivity contribution is 7.17.